The number of ether oxygens (including phenoxy) is 1. The summed E-state index contributed by atoms with van der Waals surface area (Å²) in [6.07, 6.45) is 2.03. The third kappa shape index (κ3) is 4.98. The first-order valence-corrected chi connectivity index (χ1v) is 5.91. The number of hydrogen-bond acceptors (Lipinski definition) is 2. The maximum atomic E-state index is 11.0. The van der Waals surface area contributed by atoms with Crippen LogP contribution in [-0.4, -0.2) is 12.4 Å². The number of carbonyl (C=O) groups is 1. The maximum Gasteiger partial charge on any atom is 0.132 e. The number of Topliss-reactive ketones (excluding diaryl/α,β-unsaturated/α-hetero) is 1. The van der Waals surface area contributed by atoms with Gasteiger partial charge in [-0.15, -0.1) is 0 Å². The van der Waals surface area contributed by atoms with Gasteiger partial charge in [0, 0.05) is 17.3 Å². The largest absolute Gasteiger partial charge is 0.494 e. The SMILES string of the molecule is CCC(=O)CCCOc1cccc(Br)c1. The number of benzene rings is 1. The van der Waals surface area contributed by atoms with Crippen LogP contribution in [0.3, 0.4) is 0 Å². The Morgan fingerprint density at radius 2 is 2.27 bits per heavy atom. The number of rotatable bonds is 6. The van der Waals surface area contributed by atoms with Crippen LogP contribution in [0.4, 0.5) is 0 Å². The van der Waals surface area contributed by atoms with Gasteiger partial charge in [-0.05, 0) is 24.6 Å². The first kappa shape index (κ1) is 12.2. The fourth-order valence-electron chi connectivity index (χ4n) is 1.19. The summed E-state index contributed by atoms with van der Waals surface area (Å²) < 4.78 is 6.50. The van der Waals surface area contributed by atoms with Crippen molar-refractivity contribution >= 4 is 21.7 Å². The predicted octanol–water partition coefficient (Wildman–Crippen LogP) is 3.59. The van der Waals surface area contributed by atoms with E-state index < -0.39 is 0 Å². The van der Waals surface area contributed by atoms with Crippen molar-refractivity contribution in [1.29, 1.82) is 0 Å². The smallest absolute Gasteiger partial charge is 0.132 e. The van der Waals surface area contributed by atoms with Crippen molar-refractivity contribution in [2.45, 2.75) is 26.2 Å². The lowest BCUT2D eigenvalue weighted by molar-refractivity contribution is -0.118. The monoisotopic (exact) mass is 270 g/mol. The number of halogens is 1. The Labute approximate surface area is 98.8 Å². The molecule has 1 rings (SSSR count). The molecule has 1 aromatic rings. The normalized spacial score (nSPS) is 10.0. The van der Waals surface area contributed by atoms with Gasteiger partial charge < -0.3 is 4.74 Å². The van der Waals surface area contributed by atoms with Crippen LogP contribution in [0.1, 0.15) is 26.2 Å². The van der Waals surface area contributed by atoms with Gasteiger partial charge in [0.05, 0.1) is 6.61 Å². The Hall–Kier alpha value is -0.830. The Morgan fingerprint density at radius 3 is 2.93 bits per heavy atom. The van der Waals surface area contributed by atoms with Crippen LogP contribution in [0.5, 0.6) is 5.75 Å². The molecule has 0 aliphatic rings. The Morgan fingerprint density at radius 1 is 1.47 bits per heavy atom. The average Bonchev–Trinajstić information content (AvgIpc) is 2.24. The molecular formula is C12H15BrO2. The molecule has 0 fully saturated rings. The number of ketones is 1. The minimum atomic E-state index is 0.299. The lowest BCUT2D eigenvalue weighted by Gasteiger charge is -2.05. The second kappa shape index (κ2) is 6.62. The van der Waals surface area contributed by atoms with Crippen LogP contribution < -0.4 is 4.74 Å². The minimum absolute atomic E-state index is 0.299. The van der Waals surface area contributed by atoms with Crippen LogP contribution in [0.15, 0.2) is 28.7 Å². The van der Waals surface area contributed by atoms with Crippen molar-refractivity contribution in [3.63, 3.8) is 0 Å². The molecule has 0 aromatic heterocycles. The number of carbonyl (C=O) groups excluding carboxylic acids is 1. The maximum absolute atomic E-state index is 11.0. The Balaban J connectivity index is 2.23. The van der Waals surface area contributed by atoms with Crippen molar-refractivity contribution in [3.05, 3.63) is 28.7 Å². The van der Waals surface area contributed by atoms with Gasteiger partial charge in [-0.1, -0.05) is 28.9 Å². The fourth-order valence-corrected chi connectivity index (χ4v) is 1.57. The van der Waals surface area contributed by atoms with Gasteiger partial charge in [-0.3, -0.25) is 4.79 Å². The van der Waals surface area contributed by atoms with E-state index in [1.165, 1.54) is 0 Å². The first-order chi connectivity index (χ1) is 7.22. The van der Waals surface area contributed by atoms with E-state index in [0.717, 1.165) is 16.6 Å². The van der Waals surface area contributed by atoms with E-state index in [-0.39, 0.29) is 0 Å². The first-order valence-electron chi connectivity index (χ1n) is 5.12. The van der Waals surface area contributed by atoms with Gasteiger partial charge in [0.1, 0.15) is 11.5 Å². The molecule has 0 bridgehead atoms. The van der Waals surface area contributed by atoms with E-state index in [1.807, 2.05) is 31.2 Å². The molecule has 0 unspecified atom stereocenters. The van der Waals surface area contributed by atoms with E-state index in [4.69, 9.17) is 4.74 Å². The third-order valence-electron chi connectivity index (χ3n) is 2.06. The molecule has 0 aliphatic heterocycles. The summed E-state index contributed by atoms with van der Waals surface area (Å²) >= 11 is 3.37. The average molecular weight is 271 g/mol. The van der Waals surface area contributed by atoms with Crippen molar-refractivity contribution in [1.82, 2.24) is 0 Å². The molecule has 0 N–H and O–H groups in total. The van der Waals surface area contributed by atoms with Crippen LogP contribution in [0.25, 0.3) is 0 Å². The fraction of sp³-hybridized carbons (Fsp3) is 0.417. The minimum Gasteiger partial charge on any atom is -0.494 e. The van der Waals surface area contributed by atoms with Gasteiger partial charge in [0.25, 0.3) is 0 Å². The summed E-state index contributed by atoms with van der Waals surface area (Å²) in [5.74, 6) is 1.14. The van der Waals surface area contributed by atoms with Crippen molar-refractivity contribution in [3.8, 4) is 5.75 Å². The highest BCUT2D eigenvalue weighted by Gasteiger charge is 1.98. The lowest BCUT2D eigenvalue weighted by atomic mass is 10.2. The molecule has 0 heterocycles. The molecule has 82 valence electrons. The second-order valence-corrected chi connectivity index (χ2v) is 4.22. The summed E-state index contributed by atoms with van der Waals surface area (Å²) in [7, 11) is 0. The Kier molecular flexibility index (Phi) is 5.40. The van der Waals surface area contributed by atoms with Gasteiger partial charge in [-0.2, -0.15) is 0 Å². The second-order valence-electron chi connectivity index (χ2n) is 3.30. The van der Waals surface area contributed by atoms with Gasteiger partial charge in [0.2, 0.25) is 0 Å². The summed E-state index contributed by atoms with van der Waals surface area (Å²) in [6, 6.07) is 7.71. The quantitative estimate of drug-likeness (QED) is 0.739. The molecule has 0 amide bonds. The predicted molar refractivity (Wildman–Crippen MR) is 64.2 cm³/mol. The molecule has 2 nitrogen and oxygen atoms in total. The molecule has 0 saturated carbocycles. The molecule has 0 spiro atoms. The van der Waals surface area contributed by atoms with E-state index in [2.05, 4.69) is 15.9 Å². The van der Waals surface area contributed by atoms with Crippen LogP contribution in [-0.2, 0) is 4.79 Å². The highest BCUT2D eigenvalue weighted by Crippen LogP contribution is 2.17. The third-order valence-corrected chi connectivity index (χ3v) is 2.55. The molecular weight excluding hydrogens is 256 g/mol. The van der Waals surface area contributed by atoms with E-state index in [9.17, 15) is 4.79 Å². The topological polar surface area (TPSA) is 26.3 Å². The zero-order valence-corrected chi connectivity index (χ0v) is 10.4. The van der Waals surface area contributed by atoms with E-state index in [0.29, 0.717) is 25.2 Å². The summed E-state index contributed by atoms with van der Waals surface area (Å²) in [6.45, 7) is 2.49. The summed E-state index contributed by atoms with van der Waals surface area (Å²) in [5.41, 5.74) is 0. The highest BCUT2D eigenvalue weighted by molar-refractivity contribution is 9.10. The van der Waals surface area contributed by atoms with Gasteiger partial charge in [0.15, 0.2) is 0 Å². The van der Waals surface area contributed by atoms with Gasteiger partial charge in [-0.25, -0.2) is 0 Å². The van der Waals surface area contributed by atoms with Gasteiger partial charge >= 0.3 is 0 Å². The van der Waals surface area contributed by atoms with Crippen LogP contribution in [0.2, 0.25) is 0 Å². The molecule has 0 atom stereocenters. The van der Waals surface area contributed by atoms with E-state index >= 15 is 0 Å². The molecule has 15 heavy (non-hydrogen) atoms. The Bertz CT molecular complexity index is 323. The highest BCUT2D eigenvalue weighted by atomic mass is 79.9. The molecule has 0 radical (unpaired) electrons. The van der Waals surface area contributed by atoms with E-state index in [1.54, 1.807) is 0 Å². The summed E-state index contributed by atoms with van der Waals surface area (Å²) in [5, 5.41) is 0. The van der Waals surface area contributed by atoms with Crippen LogP contribution >= 0.6 is 15.9 Å². The van der Waals surface area contributed by atoms with Crippen molar-refractivity contribution in [2.75, 3.05) is 6.61 Å². The molecule has 3 heteroatoms. The lowest BCUT2D eigenvalue weighted by Crippen LogP contribution is -2.02. The molecule has 0 aliphatic carbocycles. The molecule has 0 saturated heterocycles. The zero-order valence-electron chi connectivity index (χ0n) is 8.83. The number of hydrogen-bond donors (Lipinski definition) is 0. The van der Waals surface area contributed by atoms with Crippen molar-refractivity contribution < 1.29 is 9.53 Å². The van der Waals surface area contributed by atoms with Crippen LogP contribution in [0, 0.1) is 0 Å². The van der Waals surface area contributed by atoms with Crippen molar-refractivity contribution in [2.24, 2.45) is 0 Å². The molecule has 1 aromatic carbocycles. The zero-order chi connectivity index (χ0) is 11.1. The summed E-state index contributed by atoms with van der Waals surface area (Å²) in [4.78, 5) is 11.0. The standard InChI is InChI=1S/C12H15BrO2/c1-2-11(14)6-4-8-15-12-7-3-5-10(13)9-12/h3,5,7,9H,2,4,6,8H2,1H3.